The third-order valence-electron chi connectivity index (χ3n) is 8.12. The molecule has 2 saturated heterocycles. The Hall–Kier alpha value is -3.77. The van der Waals surface area contributed by atoms with Crippen molar-refractivity contribution in [1.82, 2.24) is 35.1 Å². The SMILES string of the molecule is CC(=O)N1CCC(NC2CCN(C(=O)CN3CCNCC3)CC2)=C(C(N)=Nc2ccc(-c3cnn(C)c3)cc2F)C1. The lowest BCUT2D eigenvalue weighted by molar-refractivity contribution is -0.133. The van der Waals surface area contributed by atoms with Crippen LogP contribution in [0.25, 0.3) is 11.1 Å². The first-order valence-electron chi connectivity index (χ1n) is 14.3. The lowest BCUT2D eigenvalue weighted by atomic mass is 10.00. The molecule has 41 heavy (non-hydrogen) atoms. The van der Waals surface area contributed by atoms with Gasteiger partial charge in [0.2, 0.25) is 11.8 Å². The summed E-state index contributed by atoms with van der Waals surface area (Å²) in [6.45, 7) is 7.94. The molecule has 0 unspecified atom stereocenters. The Morgan fingerprint density at radius 1 is 1.12 bits per heavy atom. The zero-order chi connectivity index (χ0) is 28.9. The van der Waals surface area contributed by atoms with Crippen molar-refractivity contribution in [3.8, 4) is 11.1 Å². The van der Waals surface area contributed by atoms with E-state index in [0.29, 0.717) is 50.3 Å². The van der Waals surface area contributed by atoms with Gasteiger partial charge in [0.1, 0.15) is 17.3 Å². The molecular weight excluding hydrogens is 525 g/mol. The van der Waals surface area contributed by atoms with Gasteiger partial charge < -0.3 is 26.2 Å². The van der Waals surface area contributed by atoms with Crippen LogP contribution in [0.15, 0.2) is 46.9 Å². The topological polar surface area (TPSA) is 124 Å². The van der Waals surface area contributed by atoms with Crippen LogP contribution in [0.4, 0.5) is 10.1 Å². The first-order chi connectivity index (χ1) is 19.8. The van der Waals surface area contributed by atoms with Gasteiger partial charge in [-0.15, -0.1) is 0 Å². The Bertz CT molecular complexity index is 1320. The lowest BCUT2D eigenvalue weighted by Gasteiger charge is -2.37. The molecule has 3 aliphatic heterocycles. The van der Waals surface area contributed by atoms with E-state index in [0.717, 1.165) is 50.3 Å². The molecule has 1 aromatic carbocycles. The van der Waals surface area contributed by atoms with E-state index in [9.17, 15) is 9.59 Å². The number of likely N-dealkylation sites (tertiary alicyclic amines) is 1. The molecule has 11 nitrogen and oxygen atoms in total. The van der Waals surface area contributed by atoms with E-state index in [1.165, 1.54) is 13.0 Å². The van der Waals surface area contributed by atoms with Gasteiger partial charge in [-0.25, -0.2) is 9.38 Å². The average molecular weight is 566 g/mol. The molecule has 220 valence electrons. The normalized spacial score (nSPS) is 19.5. The molecule has 0 saturated carbocycles. The number of hydrogen-bond donors (Lipinski definition) is 3. The van der Waals surface area contributed by atoms with Gasteiger partial charge in [-0.05, 0) is 30.5 Å². The molecule has 2 amide bonds. The van der Waals surface area contributed by atoms with Crippen LogP contribution in [0.5, 0.6) is 0 Å². The first kappa shape index (κ1) is 28.7. The van der Waals surface area contributed by atoms with Gasteiger partial charge in [0.25, 0.3) is 0 Å². The molecular formula is C29H40FN9O2. The highest BCUT2D eigenvalue weighted by molar-refractivity contribution is 6.00. The fraction of sp³-hybridized carbons (Fsp3) is 0.517. The van der Waals surface area contributed by atoms with Crippen molar-refractivity contribution in [2.45, 2.75) is 32.2 Å². The van der Waals surface area contributed by atoms with Gasteiger partial charge in [-0.2, -0.15) is 5.10 Å². The van der Waals surface area contributed by atoms with Gasteiger partial charge in [0.15, 0.2) is 0 Å². The van der Waals surface area contributed by atoms with E-state index in [1.807, 2.05) is 18.1 Å². The number of carbonyl (C=O) groups is 2. The van der Waals surface area contributed by atoms with E-state index in [-0.39, 0.29) is 29.4 Å². The molecule has 3 aliphatic rings. The lowest BCUT2D eigenvalue weighted by Crippen LogP contribution is -2.51. The molecule has 4 heterocycles. The number of rotatable bonds is 7. The Morgan fingerprint density at radius 3 is 2.54 bits per heavy atom. The number of benzene rings is 1. The second-order valence-corrected chi connectivity index (χ2v) is 11.0. The summed E-state index contributed by atoms with van der Waals surface area (Å²) >= 11 is 0. The number of carbonyl (C=O) groups excluding carboxylic acids is 2. The number of piperidine rings is 1. The molecule has 2 fully saturated rings. The summed E-state index contributed by atoms with van der Waals surface area (Å²) in [5.74, 6) is -0.151. The van der Waals surface area contributed by atoms with Crippen LogP contribution in [-0.4, -0.2) is 107 Å². The highest BCUT2D eigenvalue weighted by atomic mass is 19.1. The van der Waals surface area contributed by atoms with E-state index in [1.54, 1.807) is 27.9 Å². The molecule has 12 heteroatoms. The molecule has 0 radical (unpaired) electrons. The summed E-state index contributed by atoms with van der Waals surface area (Å²) in [4.78, 5) is 35.4. The Labute approximate surface area is 240 Å². The Kier molecular flexibility index (Phi) is 8.99. The number of nitrogens with two attached hydrogens (primary N) is 1. The molecule has 1 aromatic heterocycles. The minimum absolute atomic E-state index is 0.0438. The predicted octanol–water partition coefficient (Wildman–Crippen LogP) is 1.21. The fourth-order valence-electron chi connectivity index (χ4n) is 5.65. The monoisotopic (exact) mass is 565 g/mol. The minimum atomic E-state index is -0.485. The summed E-state index contributed by atoms with van der Waals surface area (Å²) in [6, 6.07) is 5.00. The maximum absolute atomic E-state index is 15.1. The number of amides is 2. The third-order valence-corrected chi connectivity index (χ3v) is 8.12. The van der Waals surface area contributed by atoms with Gasteiger partial charge in [-0.3, -0.25) is 19.2 Å². The number of nitrogens with one attached hydrogen (secondary N) is 2. The number of nitrogens with zero attached hydrogens (tertiary/aromatic N) is 6. The largest absolute Gasteiger partial charge is 0.385 e. The molecule has 0 atom stereocenters. The fourth-order valence-corrected chi connectivity index (χ4v) is 5.65. The number of aliphatic imine (C=N–C) groups is 1. The summed E-state index contributed by atoms with van der Waals surface area (Å²) < 4.78 is 16.7. The highest BCUT2D eigenvalue weighted by Crippen LogP contribution is 2.27. The van der Waals surface area contributed by atoms with Crippen molar-refractivity contribution in [3.63, 3.8) is 0 Å². The zero-order valence-electron chi connectivity index (χ0n) is 23.9. The predicted molar refractivity (Wildman–Crippen MR) is 156 cm³/mol. The zero-order valence-corrected chi connectivity index (χ0v) is 23.9. The molecule has 4 N–H and O–H groups in total. The van der Waals surface area contributed by atoms with Gasteiger partial charge in [0, 0.05) is 95.3 Å². The Balaban J connectivity index is 1.27. The number of aromatic nitrogens is 2. The summed E-state index contributed by atoms with van der Waals surface area (Å²) in [5, 5.41) is 11.1. The average Bonchev–Trinajstić information content (AvgIpc) is 3.41. The van der Waals surface area contributed by atoms with Crippen LogP contribution < -0.4 is 16.4 Å². The smallest absolute Gasteiger partial charge is 0.236 e. The van der Waals surface area contributed by atoms with Crippen LogP contribution in [0.1, 0.15) is 26.2 Å². The first-order valence-corrected chi connectivity index (χ1v) is 14.3. The van der Waals surface area contributed by atoms with E-state index in [2.05, 4.69) is 25.6 Å². The van der Waals surface area contributed by atoms with E-state index in [4.69, 9.17) is 5.73 Å². The van der Waals surface area contributed by atoms with Crippen molar-refractivity contribution in [2.24, 2.45) is 17.8 Å². The Morgan fingerprint density at radius 2 is 1.88 bits per heavy atom. The van der Waals surface area contributed by atoms with Gasteiger partial charge in [-0.1, -0.05) is 6.07 Å². The number of halogens is 1. The minimum Gasteiger partial charge on any atom is -0.385 e. The maximum Gasteiger partial charge on any atom is 0.236 e. The molecule has 5 rings (SSSR count). The van der Waals surface area contributed by atoms with Gasteiger partial charge in [0.05, 0.1) is 19.3 Å². The number of amidine groups is 1. The highest BCUT2D eigenvalue weighted by Gasteiger charge is 2.28. The van der Waals surface area contributed by atoms with Crippen molar-refractivity contribution in [3.05, 3.63) is 47.7 Å². The van der Waals surface area contributed by atoms with Crippen molar-refractivity contribution in [1.29, 1.82) is 0 Å². The van der Waals surface area contributed by atoms with Crippen LogP contribution in [-0.2, 0) is 16.6 Å². The summed E-state index contributed by atoms with van der Waals surface area (Å²) in [7, 11) is 1.81. The van der Waals surface area contributed by atoms with E-state index < -0.39 is 5.82 Å². The van der Waals surface area contributed by atoms with Crippen molar-refractivity contribution in [2.75, 3.05) is 58.9 Å². The van der Waals surface area contributed by atoms with Crippen LogP contribution in [0.3, 0.4) is 0 Å². The number of piperazine rings is 1. The van der Waals surface area contributed by atoms with Crippen molar-refractivity contribution < 1.29 is 14.0 Å². The van der Waals surface area contributed by atoms with Crippen LogP contribution >= 0.6 is 0 Å². The molecule has 0 bridgehead atoms. The molecule has 0 aliphatic carbocycles. The number of aryl methyl sites for hydroxylation is 1. The second-order valence-electron chi connectivity index (χ2n) is 11.0. The molecule has 0 spiro atoms. The standard InChI is InChI=1S/C29H40FN9O2/c1-20(40)39-12-7-26(34-23-5-10-38(11-6-23)28(41)19-37-13-8-32-9-14-37)24(18-39)29(31)35-27-4-3-21(15-25(27)30)22-16-33-36(2)17-22/h3-4,15-17,23,32,34H,5-14,18-19H2,1-2H3,(H2,31,35). The van der Waals surface area contributed by atoms with Gasteiger partial charge >= 0.3 is 0 Å². The maximum atomic E-state index is 15.1. The number of hydrogen-bond acceptors (Lipinski definition) is 7. The second kappa shape index (κ2) is 12.8. The summed E-state index contributed by atoms with van der Waals surface area (Å²) in [6.07, 6.45) is 5.75. The third kappa shape index (κ3) is 7.12. The molecule has 2 aromatic rings. The van der Waals surface area contributed by atoms with Crippen LogP contribution in [0, 0.1) is 5.82 Å². The summed E-state index contributed by atoms with van der Waals surface area (Å²) in [5.41, 5.74) is 9.77. The van der Waals surface area contributed by atoms with E-state index >= 15 is 4.39 Å². The quantitative estimate of drug-likeness (QED) is 0.341. The van der Waals surface area contributed by atoms with Crippen molar-refractivity contribution >= 4 is 23.3 Å². The van der Waals surface area contributed by atoms with Crippen LogP contribution in [0.2, 0.25) is 0 Å².